The fourth-order valence-electron chi connectivity index (χ4n) is 2.31. The molecular formula is C19H25NO3. The molecule has 0 atom stereocenters. The maximum atomic E-state index is 11.7. The van der Waals surface area contributed by atoms with E-state index in [4.69, 9.17) is 10.00 Å². The molecule has 0 unspecified atom stereocenters. The van der Waals surface area contributed by atoms with Crippen LogP contribution in [0.25, 0.3) is 0 Å². The van der Waals surface area contributed by atoms with E-state index in [-0.39, 0.29) is 11.8 Å². The zero-order chi connectivity index (χ0) is 16.9. The molecule has 0 N–H and O–H groups in total. The van der Waals surface area contributed by atoms with Crippen LogP contribution in [0.4, 0.5) is 0 Å². The second-order valence-corrected chi connectivity index (χ2v) is 5.79. The van der Waals surface area contributed by atoms with E-state index in [1.165, 1.54) is 0 Å². The quantitative estimate of drug-likeness (QED) is 0.341. The number of Topliss-reactive ketones (excluding diaryl/α,β-unsaturated/α-hetero) is 1. The summed E-state index contributed by atoms with van der Waals surface area (Å²) in [6.07, 6.45) is 8.51. The van der Waals surface area contributed by atoms with Crippen LogP contribution in [-0.4, -0.2) is 11.8 Å². The Morgan fingerprint density at radius 2 is 1.43 bits per heavy atom. The summed E-state index contributed by atoms with van der Waals surface area (Å²) in [6, 6.07) is 8.56. The van der Waals surface area contributed by atoms with Crippen LogP contribution >= 0.6 is 0 Å². The Hall–Kier alpha value is -2.15. The second-order valence-electron chi connectivity index (χ2n) is 5.79. The van der Waals surface area contributed by atoms with Crippen molar-refractivity contribution >= 4 is 11.8 Å². The summed E-state index contributed by atoms with van der Waals surface area (Å²) >= 11 is 0. The number of unbranched alkanes of at least 4 members (excludes halogenated alkanes) is 6. The average Bonchev–Trinajstić information content (AvgIpc) is 2.53. The molecule has 0 radical (unpaired) electrons. The van der Waals surface area contributed by atoms with Gasteiger partial charge in [-0.15, -0.1) is 0 Å². The van der Waals surface area contributed by atoms with Crippen LogP contribution in [0.2, 0.25) is 0 Å². The number of carbonyl (C=O) groups is 2. The number of ketones is 1. The monoisotopic (exact) mass is 315 g/mol. The number of ether oxygens (including phenoxy) is 1. The number of esters is 1. The van der Waals surface area contributed by atoms with Gasteiger partial charge in [0.05, 0.1) is 11.6 Å². The minimum Gasteiger partial charge on any atom is -0.427 e. The molecule has 23 heavy (non-hydrogen) atoms. The maximum Gasteiger partial charge on any atom is 0.311 e. The fourth-order valence-corrected chi connectivity index (χ4v) is 2.31. The third-order valence-corrected chi connectivity index (χ3v) is 3.62. The van der Waals surface area contributed by atoms with E-state index in [2.05, 4.69) is 0 Å². The van der Waals surface area contributed by atoms with Gasteiger partial charge in [0.15, 0.2) is 0 Å². The maximum absolute atomic E-state index is 11.7. The molecule has 1 aromatic carbocycles. The van der Waals surface area contributed by atoms with E-state index < -0.39 is 0 Å². The minimum absolute atomic E-state index is 0.226. The third kappa shape index (κ3) is 9.46. The van der Waals surface area contributed by atoms with Crippen molar-refractivity contribution in [3.8, 4) is 11.8 Å². The largest absolute Gasteiger partial charge is 0.427 e. The number of hydrogen-bond donors (Lipinski definition) is 0. The summed E-state index contributed by atoms with van der Waals surface area (Å²) in [4.78, 5) is 22.5. The Kier molecular flexibility index (Phi) is 9.38. The molecule has 0 saturated carbocycles. The van der Waals surface area contributed by atoms with Crippen LogP contribution in [0, 0.1) is 11.3 Å². The average molecular weight is 315 g/mol. The number of nitriles is 1. The van der Waals surface area contributed by atoms with E-state index in [9.17, 15) is 9.59 Å². The van der Waals surface area contributed by atoms with Crippen molar-refractivity contribution in [2.24, 2.45) is 0 Å². The zero-order valence-electron chi connectivity index (χ0n) is 13.8. The van der Waals surface area contributed by atoms with Crippen molar-refractivity contribution < 1.29 is 14.3 Å². The first-order valence-corrected chi connectivity index (χ1v) is 8.32. The van der Waals surface area contributed by atoms with Crippen LogP contribution in [0.3, 0.4) is 0 Å². The highest BCUT2D eigenvalue weighted by Crippen LogP contribution is 2.14. The Morgan fingerprint density at radius 1 is 0.913 bits per heavy atom. The van der Waals surface area contributed by atoms with E-state index in [1.54, 1.807) is 31.2 Å². The second kappa shape index (κ2) is 11.4. The Morgan fingerprint density at radius 3 is 1.96 bits per heavy atom. The third-order valence-electron chi connectivity index (χ3n) is 3.62. The molecule has 0 aliphatic rings. The van der Waals surface area contributed by atoms with Crippen molar-refractivity contribution in [2.45, 2.75) is 64.7 Å². The molecule has 0 spiro atoms. The molecule has 0 aromatic heterocycles. The molecular weight excluding hydrogens is 290 g/mol. The lowest BCUT2D eigenvalue weighted by Gasteiger charge is -2.04. The van der Waals surface area contributed by atoms with Gasteiger partial charge >= 0.3 is 5.97 Å². The highest BCUT2D eigenvalue weighted by Gasteiger charge is 2.04. The van der Waals surface area contributed by atoms with Gasteiger partial charge in [-0.05, 0) is 44.0 Å². The predicted octanol–water partition coefficient (Wildman–Crippen LogP) is 4.56. The SMILES string of the molecule is CC(=O)CCCCCCCCCC(=O)Oc1ccc(C#N)cc1. The van der Waals surface area contributed by atoms with Gasteiger partial charge in [-0.1, -0.05) is 32.1 Å². The molecule has 1 rings (SSSR count). The first kappa shape index (κ1) is 18.9. The van der Waals surface area contributed by atoms with E-state index in [0.717, 1.165) is 44.9 Å². The summed E-state index contributed by atoms with van der Waals surface area (Å²) in [5.74, 6) is 0.529. The first-order valence-electron chi connectivity index (χ1n) is 8.32. The van der Waals surface area contributed by atoms with Crippen molar-refractivity contribution in [3.63, 3.8) is 0 Å². The van der Waals surface area contributed by atoms with Gasteiger partial charge < -0.3 is 9.53 Å². The highest BCUT2D eigenvalue weighted by atomic mass is 16.5. The first-order chi connectivity index (χ1) is 11.1. The van der Waals surface area contributed by atoms with Gasteiger partial charge in [-0.2, -0.15) is 5.26 Å². The highest BCUT2D eigenvalue weighted by molar-refractivity contribution is 5.75. The fraction of sp³-hybridized carbons (Fsp3) is 0.526. The molecule has 0 heterocycles. The molecule has 124 valence electrons. The standard InChI is InChI=1S/C19H25NO3/c1-16(21)9-7-5-3-2-4-6-8-10-19(22)23-18-13-11-17(15-20)12-14-18/h11-14H,2-10H2,1H3. The van der Waals surface area contributed by atoms with Crippen LogP contribution in [0.15, 0.2) is 24.3 Å². The normalized spacial score (nSPS) is 10.1. The Labute approximate surface area is 138 Å². The van der Waals surface area contributed by atoms with Crippen molar-refractivity contribution in [2.75, 3.05) is 0 Å². The van der Waals surface area contributed by atoms with Crippen LogP contribution in [-0.2, 0) is 9.59 Å². The smallest absolute Gasteiger partial charge is 0.311 e. The molecule has 0 fully saturated rings. The number of nitrogens with zero attached hydrogens (tertiary/aromatic N) is 1. The molecule has 0 saturated heterocycles. The van der Waals surface area contributed by atoms with E-state index >= 15 is 0 Å². The van der Waals surface area contributed by atoms with Crippen LogP contribution in [0.1, 0.15) is 70.3 Å². The van der Waals surface area contributed by atoms with Crippen LogP contribution < -0.4 is 4.74 Å². The van der Waals surface area contributed by atoms with Gasteiger partial charge in [-0.3, -0.25) is 4.79 Å². The molecule has 0 aliphatic heterocycles. The summed E-state index contributed by atoms with van der Waals surface area (Å²) in [6.45, 7) is 1.64. The summed E-state index contributed by atoms with van der Waals surface area (Å²) < 4.78 is 5.22. The van der Waals surface area contributed by atoms with Gasteiger partial charge in [-0.25, -0.2) is 0 Å². The van der Waals surface area contributed by atoms with Crippen molar-refractivity contribution in [3.05, 3.63) is 29.8 Å². The molecule has 0 aliphatic carbocycles. The Balaban J connectivity index is 2.01. The molecule has 0 bridgehead atoms. The van der Waals surface area contributed by atoms with Gasteiger partial charge in [0.1, 0.15) is 11.5 Å². The summed E-state index contributed by atoms with van der Waals surface area (Å²) in [5.41, 5.74) is 0.549. The lowest BCUT2D eigenvalue weighted by Crippen LogP contribution is -2.07. The number of rotatable bonds is 11. The van der Waals surface area contributed by atoms with Crippen molar-refractivity contribution in [1.82, 2.24) is 0 Å². The predicted molar refractivity (Wildman–Crippen MR) is 89.0 cm³/mol. The number of benzene rings is 1. The molecule has 1 aromatic rings. The van der Waals surface area contributed by atoms with Gasteiger partial charge in [0.2, 0.25) is 0 Å². The molecule has 4 nitrogen and oxygen atoms in total. The van der Waals surface area contributed by atoms with E-state index in [0.29, 0.717) is 24.2 Å². The summed E-state index contributed by atoms with van der Waals surface area (Å²) in [5, 5.41) is 8.70. The molecule has 4 heteroatoms. The lowest BCUT2D eigenvalue weighted by molar-refractivity contribution is -0.134. The topological polar surface area (TPSA) is 67.2 Å². The summed E-state index contributed by atoms with van der Waals surface area (Å²) in [7, 11) is 0. The number of hydrogen-bond acceptors (Lipinski definition) is 4. The van der Waals surface area contributed by atoms with Gasteiger partial charge in [0.25, 0.3) is 0 Å². The lowest BCUT2D eigenvalue weighted by atomic mass is 10.1. The van der Waals surface area contributed by atoms with Gasteiger partial charge in [0, 0.05) is 12.8 Å². The zero-order valence-corrected chi connectivity index (χ0v) is 13.8. The van der Waals surface area contributed by atoms with Crippen molar-refractivity contribution in [1.29, 1.82) is 5.26 Å². The van der Waals surface area contributed by atoms with Crippen LogP contribution in [0.5, 0.6) is 5.75 Å². The minimum atomic E-state index is -0.226. The number of carbonyl (C=O) groups excluding carboxylic acids is 2. The van der Waals surface area contributed by atoms with E-state index in [1.807, 2.05) is 6.07 Å². The Bertz CT molecular complexity index is 529. The molecule has 0 amide bonds.